The fourth-order valence-electron chi connectivity index (χ4n) is 1.92. The molecular formula is C13H11ClN4. The predicted molar refractivity (Wildman–Crippen MR) is 69.8 cm³/mol. The molecule has 0 saturated carbocycles. The van der Waals surface area contributed by atoms with Gasteiger partial charge in [0.25, 0.3) is 0 Å². The van der Waals surface area contributed by atoms with Crippen LogP contribution in [0.2, 0.25) is 5.15 Å². The summed E-state index contributed by atoms with van der Waals surface area (Å²) in [6, 6.07) is 9.95. The van der Waals surface area contributed by atoms with Crippen LogP contribution in [-0.4, -0.2) is 19.6 Å². The third-order valence-electron chi connectivity index (χ3n) is 2.95. The summed E-state index contributed by atoms with van der Waals surface area (Å²) in [7, 11) is 0. The minimum atomic E-state index is 0.428. The maximum atomic E-state index is 5.82. The molecule has 2 aromatic heterocycles. The standard InChI is InChI=1S/C13H11ClN4/c1-9-4-2-3-5-10(9)6-12-16-17-13-7-11(14)15-8-18(12)13/h2-5,7-8H,6H2,1H3. The van der Waals surface area contributed by atoms with Gasteiger partial charge in [-0.05, 0) is 18.1 Å². The van der Waals surface area contributed by atoms with Gasteiger partial charge in [-0.25, -0.2) is 4.98 Å². The maximum absolute atomic E-state index is 5.82. The van der Waals surface area contributed by atoms with Crippen molar-refractivity contribution in [3.63, 3.8) is 0 Å². The first-order chi connectivity index (χ1) is 8.74. The normalized spacial score (nSPS) is 11.0. The van der Waals surface area contributed by atoms with Gasteiger partial charge in [-0.15, -0.1) is 10.2 Å². The smallest absolute Gasteiger partial charge is 0.165 e. The zero-order valence-electron chi connectivity index (χ0n) is 9.84. The number of rotatable bonds is 2. The van der Waals surface area contributed by atoms with E-state index < -0.39 is 0 Å². The van der Waals surface area contributed by atoms with E-state index in [9.17, 15) is 0 Å². The number of nitrogens with zero attached hydrogens (tertiary/aromatic N) is 4. The van der Waals surface area contributed by atoms with Crippen molar-refractivity contribution in [2.24, 2.45) is 0 Å². The second kappa shape index (κ2) is 4.38. The van der Waals surface area contributed by atoms with Gasteiger partial charge in [0.2, 0.25) is 0 Å². The highest BCUT2D eigenvalue weighted by atomic mass is 35.5. The van der Waals surface area contributed by atoms with E-state index in [1.807, 2.05) is 16.5 Å². The Morgan fingerprint density at radius 1 is 1.22 bits per heavy atom. The van der Waals surface area contributed by atoms with Crippen molar-refractivity contribution in [2.45, 2.75) is 13.3 Å². The summed E-state index contributed by atoms with van der Waals surface area (Å²) < 4.78 is 1.86. The quantitative estimate of drug-likeness (QED) is 0.664. The van der Waals surface area contributed by atoms with Crippen molar-refractivity contribution in [3.8, 4) is 0 Å². The van der Waals surface area contributed by atoms with E-state index >= 15 is 0 Å². The molecule has 0 amide bonds. The minimum Gasteiger partial charge on any atom is -0.269 e. The predicted octanol–water partition coefficient (Wildman–Crippen LogP) is 2.68. The number of fused-ring (bicyclic) bond motifs is 1. The Balaban J connectivity index is 2.03. The molecule has 0 spiro atoms. The van der Waals surface area contributed by atoms with Gasteiger partial charge >= 0.3 is 0 Å². The first-order valence-electron chi connectivity index (χ1n) is 5.64. The molecule has 0 radical (unpaired) electrons. The molecule has 0 aliphatic carbocycles. The first-order valence-corrected chi connectivity index (χ1v) is 6.01. The molecule has 0 unspecified atom stereocenters. The van der Waals surface area contributed by atoms with Gasteiger partial charge in [0.1, 0.15) is 17.3 Å². The van der Waals surface area contributed by atoms with Crippen LogP contribution in [0, 0.1) is 6.92 Å². The Labute approximate surface area is 109 Å². The molecule has 1 aromatic carbocycles. The molecule has 3 rings (SSSR count). The fourth-order valence-corrected chi connectivity index (χ4v) is 2.06. The lowest BCUT2D eigenvalue weighted by Crippen LogP contribution is -1.98. The largest absolute Gasteiger partial charge is 0.269 e. The molecule has 2 heterocycles. The molecule has 90 valence electrons. The average molecular weight is 259 g/mol. The molecule has 0 fully saturated rings. The monoisotopic (exact) mass is 258 g/mol. The second-order valence-corrected chi connectivity index (χ2v) is 4.55. The summed E-state index contributed by atoms with van der Waals surface area (Å²) >= 11 is 5.82. The number of benzene rings is 1. The summed E-state index contributed by atoms with van der Waals surface area (Å²) in [6.45, 7) is 2.09. The molecule has 0 atom stereocenters. The van der Waals surface area contributed by atoms with Crippen LogP contribution < -0.4 is 0 Å². The molecule has 18 heavy (non-hydrogen) atoms. The topological polar surface area (TPSA) is 43.1 Å². The lowest BCUT2D eigenvalue weighted by atomic mass is 10.1. The zero-order chi connectivity index (χ0) is 12.5. The lowest BCUT2D eigenvalue weighted by molar-refractivity contribution is 0.914. The Hall–Kier alpha value is -1.94. The molecule has 0 aliphatic heterocycles. The van der Waals surface area contributed by atoms with E-state index in [0.29, 0.717) is 5.15 Å². The number of hydrogen-bond donors (Lipinski definition) is 0. The van der Waals surface area contributed by atoms with E-state index in [1.165, 1.54) is 11.1 Å². The van der Waals surface area contributed by atoms with Gasteiger partial charge in [-0.2, -0.15) is 0 Å². The summed E-state index contributed by atoms with van der Waals surface area (Å²) in [4.78, 5) is 4.05. The van der Waals surface area contributed by atoms with Gasteiger partial charge in [-0.3, -0.25) is 4.40 Å². The van der Waals surface area contributed by atoms with E-state index in [1.54, 1.807) is 12.4 Å². The molecule has 0 bridgehead atoms. The number of aromatic nitrogens is 4. The molecule has 5 heteroatoms. The van der Waals surface area contributed by atoms with Crippen LogP contribution in [0.25, 0.3) is 5.65 Å². The fraction of sp³-hybridized carbons (Fsp3) is 0.154. The highest BCUT2D eigenvalue weighted by Crippen LogP contribution is 2.14. The summed E-state index contributed by atoms with van der Waals surface area (Å²) in [6.07, 6.45) is 2.39. The molecule has 0 N–H and O–H groups in total. The Morgan fingerprint density at radius 2 is 2.06 bits per heavy atom. The average Bonchev–Trinajstić information content (AvgIpc) is 2.74. The van der Waals surface area contributed by atoms with Gasteiger partial charge in [-0.1, -0.05) is 35.9 Å². The van der Waals surface area contributed by atoms with E-state index in [-0.39, 0.29) is 0 Å². The lowest BCUT2D eigenvalue weighted by Gasteiger charge is -2.03. The van der Waals surface area contributed by atoms with Crippen molar-refractivity contribution >= 4 is 17.2 Å². The van der Waals surface area contributed by atoms with Gasteiger partial charge in [0, 0.05) is 12.5 Å². The van der Waals surface area contributed by atoms with Crippen LogP contribution in [0.4, 0.5) is 0 Å². The number of aryl methyl sites for hydroxylation is 1. The van der Waals surface area contributed by atoms with Crippen LogP contribution in [0.1, 0.15) is 17.0 Å². The van der Waals surface area contributed by atoms with E-state index in [2.05, 4.69) is 34.2 Å². The van der Waals surface area contributed by atoms with Crippen LogP contribution in [0.3, 0.4) is 0 Å². The van der Waals surface area contributed by atoms with Crippen molar-refractivity contribution in [1.29, 1.82) is 0 Å². The second-order valence-electron chi connectivity index (χ2n) is 4.16. The van der Waals surface area contributed by atoms with Crippen molar-refractivity contribution in [1.82, 2.24) is 19.6 Å². The Morgan fingerprint density at radius 3 is 2.89 bits per heavy atom. The maximum Gasteiger partial charge on any atom is 0.165 e. The molecule has 3 aromatic rings. The molecule has 0 saturated heterocycles. The minimum absolute atomic E-state index is 0.428. The molecular weight excluding hydrogens is 248 g/mol. The third-order valence-corrected chi connectivity index (χ3v) is 3.15. The van der Waals surface area contributed by atoms with Crippen LogP contribution in [0.5, 0.6) is 0 Å². The summed E-state index contributed by atoms with van der Waals surface area (Å²) in [5.41, 5.74) is 3.21. The highest BCUT2D eigenvalue weighted by molar-refractivity contribution is 6.29. The van der Waals surface area contributed by atoms with Crippen molar-refractivity contribution in [2.75, 3.05) is 0 Å². The van der Waals surface area contributed by atoms with Crippen molar-refractivity contribution < 1.29 is 0 Å². The number of hydrogen-bond acceptors (Lipinski definition) is 3. The van der Waals surface area contributed by atoms with E-state index in [0.717, 1.165) is 17.9 Å². The highest BCUT2D eigenvalue weighted by Gasteiger charge is 2.08. The Bertz CT molecular complexity index is 705. The van der Waals surface area contributed by atoms with Gasteiger partial charge in [0.05, 0.1) is 0 Å². The van der Waals surface area contributed by atoms with Gasteiger partial charge in [0.15, 0.2) is 5.65 Å². The number of halogens is 1. The third kappa shape index (κ3) is 1.95. The van der Waals surface area contributed by atoms with Crippen LogP contribution in [0.15, 0.2) is 36.7 Å². The summed E-state index contributed by atoms with van der Waals surface area (Å²) in [5.74, 6) is 0.864. The first kappa shape index (κ1) is 11.2. The van der Waals surface area contributed by atoms with E-state index in [4.69, 9.17) is 11.6 Å². The SMILES string of the molecule is Cc1ccccc1Cc1nnc2cc(Cl)ncn12. The van der Waals surface area contributed by atoms with Gasteiger partial charge < -0.3 is 0 Å². The zero-order valence-corrected chi connectivity index (χ0v) is 10.6. The Kier molecular flexibility index (Phi) is 2.72. The van der Waals surface area contributed by atoms with Crippen LogP contribution in [-0.2, 0) is 6.42 Å². The van der Waals surface area contributed by atoms with Crippen molar-refractivity contribution in [3.05, 3.63) is 58.8 Å². The summed E-state index contributed by atoms with van der Waals surface area (Å²) in [5, 5.41) is 8.71. The van der Waals surface area contributed by atoms with Crippen LogP contribution >= 0.6 is 11.6 Å². The molecule has 4 nitrogen and oxygen atoms in total. The molecule has 0 aliphatic rings.